The first-order valence-corrected chi connectivity index (χ1v) is 6.62. The third-order valence-corrected chi connectivity index (χ3v) is 3.36. The lowest BCUT2D eigenvalue weighted by molar-refractivity contribution is -0.385. The summed E-state index contributed by atoms with van der Waals surface area (Å²) in [7, 11) is 0. The zero-order valence-electron chi connectivity index (χ0n) is 11.3. The van der Waals surface area contributed by atoms with Gasteiger partial charge in [0.05, 0.1) is 4.92 Å². The normalized spacial score (nSPS) is 11.9. The van der Waals surface area contributed by atoms with Crippen molar-refractivity contribution in [3.8, 4) is 0 Å². The van der Waals surface area contributed by atoms with Crippen LogP contribution in [0.3, 0.4) is 0 Å². The Hall–Kier alpha value is -2.07. The lowest BCUT2D eigenvalue weighted by Gasteiger charge is -2.16. The summed E-state index contributed by atoms with van der Waals surface area (Å²) < 4.78 is 0. The Labute approximate surface area is 122 Å². The molecule has 0 amide bonds. The van der Waals surface area contributed by atoms with E-state index in [2.05, 4.69) is 5.32 Å². The van der Waals surface area contributed by atoms with E-state index in [4.69, 9.17) is 11.6 Å². The Morgan fingerprint density at radius 3 is 2.60 bits per heavy atom. The fourth-order valence-corrected chi connectivity index (χ4v) is 2.26. The maximum absolute atomic E-state index is 10.8. The lowest BCUT2D eigenvalue weighted by Crippen LogP contribution is -2.06. The van der Waals surface area contributed by atoms with Crippen LogP contribution in [0.4, 0.5) is 11.4 Å². The molecule has 2 aromatic rings. The van der Waals surface area contributed by atoms with E-state index in [0.717, 1.165) is 11.3 Å². The molecule has 0 bridgehead atoms. The van der Waals surface area contributed by atoms with Gasteiger partial charge in [-0.05, 0) is 43.7 Å². The molecule has 0 aliphatic rings. The van der Waals surface area contributed by atoms with E-state index in [1.54, 1.807) is 19.1 Å². The maximum atomic E-state index is 10.8. The second-order valence-corrected chi connectivity index (χ2v) is 5.12. The maximum Gasteiger partial charge on any atom is 0.272 e. The van der Waals surface area contributed by atoms with Gasteiger partial charge in [-0.1, -0.05) is 23.7 Å². The second-order valence-electron chi connectivity index (χ2n) is 4.68. The summed E-state index contributed by atoms with van der Waals surface area (Å²) in [6.07, 6.45) is 0. The molecule has 1 N–H and O–H groups in total. The summed E-state index contributed by atoms with van der Waals surface area (Å²) in [5.74, 6) is 0. The van der Waals surface area contributed by atoms with Gasteiger partial charge in [0.1, 0.15) is 0 Å². The second kappa shape index (κ2) is 5.92. The van der Waals surface area contributed by atoms with Gasteiger partial charge in [-0.15, -0.1) is 0 Å². The SMILES string of the molecule is Cc1cc(NC(C)c2cccc(Cl)c2)ccc1[N+](=O)[O-]. The van der Waals surface area contributed by atoms with Crippen molar-refractivity contribution in [2.45, 2.75) is 19.9 Å². The number of nitro benzene ring substituents is 1. The van der Waals surface area contributed by atoms with Crippen LogP contribution in [0.25, 0.3) is 0 Å². The Morgan fingerprint density at radius 2 is 2.00 bits per heavy atom. The molecule has 20 heavy (non-hydrogen) atoms. The predicted molar refractivity (Wildman–Crippen MR) is 81.3 cm³/mol. The summed E-state index contributed by atoms with van der Waals surface area (Å²) in [5.41, 5.74) is 2.68. The Balaban J connectivity index is 2.18. The third kappa shape index (κ3) is 3.27. The molecule has 0 heterocycles. The molecule has 0 saturated heterocycles. The highest BCUT2D eigenvalue weighted by Crippen LogP contribution is 2.25. The van der Waals surface area contributed by atoms with Gasteiger partial charge in [-0.2, -0.15) is 0 Å². The minimum absolute atomic E-state index is 0.0644. The van der Waals surface area contributed by atoms with Crippen molar-refractivity contribution >= 4 is 23.0 Å². The molecular formula is C15H15ClN2O2. The van der Waals surface area contributed by atoms with E-state index in [1.165, 1.54) is 6.07 Å². The predicted octanol–water partition coefficient (Wildman–Crippen LogP) is 4.73. The summed E-state index contributed by atoms with van der Waals surface area (Å²) >= 11 is 5.97. The van der Waals surface area contributed by atoms with Crippen molar-refractivity contribution in [1.29, 1.82) is 0 Å². The standard InChI is InChI=1S/C15H15ClN2O2/c1-10-8-14(6-7-15(10)18(19)20)17-11(2)12-4-3-5-13(16)9-12/h3-9,11,17H,1-2H3. The highest BCUT2D eigenvalue weighted by molar-refractivity contribution is 6.30. The van der Waals surface area contributed by atoms with Crippen LogP contribution in [-0.2, 0) is 0 Å². The topological polar surface area (TPSA) is 55.2 Å². The van der Waals surface area contributed by atoms with E-state index in [0.29, 0.717) is 10.6 Å². The van der Waals surface area contributed by atoms with E-state index in [9.17, 15) is 10.1 Å². The monoisotopic (exact) mass is 290 g/mol. The molecule has 4 nitrogen and oxygen atoms in total. The van der Waals surface area contributed by atoms with E-state index in [1.807, 2.05) is 31.2 Å². The summed E-state index contributed by atoms with van der Waals surface area (Å²) in [5, 5.41) is 14.8. The van der Waals surface area contributed by atoms with Crippen LogP contribution in [0.15, 0.2) is 42.5 Å². The van der Waals surface area contributed by atoms with Crippen molar-refractivity contribution < 1.29 is 4.92 Å². The highest BCUT2D eigenvalue weighted by Gasteiger charge is 2.11. The molecule has 1 unspecified atom stereocenters. The molecule has 0 spiro atoms. The summed E-state index contributed by atoms with van der Waals surface area (Å²) in [4.78, 5) is 10.4. The van der Waals surface area contributed by atoms with Crippen LogP contribution in [0.2, 0.25) is 5.02 Å². The third-order valence-electron chi connectivity index (χ3n) is 3.13. The lowest BCUT2D eigenvalue weighted by atomic mass is 10.1. The number of hydrogen-bond acceptors (Lipinski definition) is 3. The molecule has 104 valence electrons. The number of nitro groups is 1. The van der Waals surface area contributed by atoms with Gasteiger partial charge in [-0.3, -0.25) is 10.1 Å². The number of anilines is 1. The minimum Gasteiger partial charge on any atom is -0.379 e. The molecule has 1 atom stereocenters. The van der Waals surface area contributed by atoms with Gasteiger partial charge in [0, 0.05) is 28.4 Å². The first-order chi connectivity index (χ1) is 9.47. The van der Waals surface area contributed by atoms with Crippen molar-refractivity contribution in [3.63, 3.8) is 0 Å². The highest BCUT2D eigenvalue weighted by atomic mass is 35.5. The molecule has 0 fully saturated rings. The van der Waals surface area contributed by atoms with Crippen molar-refractivity contribution in [2.75, 3.05) is 5.32 Å². The molecule has 2 aromatic carbocycles. The smallest absolute Gasteiger partial charge is 0.272 e. The van der Waals surface area contributed by atoms with Crippen LogP contribution in [0, 0.1) is 17.0 Å². The van der Waals surface area contributed by atoms with Crippen LogP contribution in [0.1, 0.15) is 24.1 Å². The fraction of sp³-hybridized carbons (Fsp3) is 0.200. The first-order valence-electron chi connectivity index (χ1n) is 6.24. The number of hydrogen-bond donors (Lipinski definition) is 1. The van der Waals surface area contributed by atoms with E-state index in [-0.39, 0.29) is 16.7 Å². The molecule has 0 saturated carbocycles. The number of halogens is 1. The van der Waals surface area contributed by atoms with Crippen molar-refractivity contribution in [1.82, 2.24) is 0 Å². The zero-order chi connectivity index (χ0) is 14.7. The number of nitrogens with zero attached hydrogens (tertiary/aromatic N) is 1. The number of aryl methyl sites for hydroxylation is 1. The molecule has 0 radical (unpaired) electrons. The molecular weight excluding hydrogens is 276 g/mol. The summed E-state index contributed by atoms with van der Waals surface area (Å²) in [6, 6.07) is 12.7. The van der Waals surface area contributed by atoms with E-state index < -0.39 is 0 Å². The van der Waals surface area contributed by atoms with Gasteiger partial charge in [-0.25, -0.2) is 0 Å². The Morgan fingerprint density at radius 1 is 1.25 bits per heavy atom. The summed E-state index contributed by atoms with van der Waals surface area (Å²) in [6.45, 7) is 3.75. The largest absolute Gasteiger partial charge is 0.379 e. The number of nitrogens with one attached hydrogen (secondary N) is 1. The van der Waals surface area contributed by atoms with Gasteiger partial charge in [0.25, 0.3) is 5.69 Å². The molecule has 0 aliphatic heterocycles. The van der Waals surface area contributed by atoms with Gasteiger partial charge in [0.15, 0.2) is 0 Å². The van der Waals surface area contributed by atoms with Gasteiger partial charge < -0.3 is 5.32 Å². The van der Waals surface area contributed by atoms with Crippen LogP contribution >= 0.6 is 11.6 Å². The minimum atomic E-state index is -0.375. The van der Waals surface area contributed by atoms with E-state index >= 15 is 0 Å². The zero-order valence-corrected chi connectivity index (χ0v) is 12.0. The Kier molecular flexibility index (Phi) is 4.25. The fourth-order valence-electron chi connectivity index (χ4n) is 2.06. The molecule has 5 heteroatoms. The molecule has 0 aromatic heterocycles. The van der Waals surface area contributed by atoms with Gasteiger partial charge in [0.2, 0.25) is 0 Å². The Bertz CT molecular complexity index is 644. The van der Waals surface area contributed by atoms with Crippen LogP contribution in [-0.4, -0.2) is 4.92 Å². The van der Waals surface area contributed by atoms with Crippen LogP contribution < -0.4 is 5.32 Å². The first kappa shape index (κ1) is 14.3. The number of rotatable bonds is 4. The number of benzene rings is 2. The molecule has 2 rings (SSSR count). The van der Waals surface area contributed by atoms with Crippen molar-refractivity contribution in [2.24, 2.45) is 0 Å². The molecule has 0 aliphatic carbocycles. The van der Waals surface area contributed by atoms with Crippen molar-refractivity contribution in [3.05, 3.63) is 68.7 Å². The van der Waals surface area contributed by atoms with Crippen LogP contribution in [0.5, 0.6) is 0 Å². The quantitative estimate of drug-likeness (QED) is 0.654. The average molecular weight is 291 g/mol. The average Bonchev–Trinajstić information content (AvgIpc) is 2.38. The van der Waals surface area contributed by atoms with Gasteiger partial charge >= 0.3 is 0 Å².